The van der Waals surface area contributed by atoms with Crippen LogP contribution in [0.25, 0.3) is 0 Å². The third kappa shape index (κ3) is 3.48. The average molecular weight is 312 g/mol. The number of nitrogens with zero attached hydrogens (tertiary/aromatic N) is 3. The van der Waals surface area contributed by atoms with Crippen molar-refractivity contribution in [2.45, 2.75) is 13.8 Å². The fourth-order valence-electron chi connectivity index (χ4n) is 2.46. The summed E-state index contributed by atoms with van der Waals surface area (Å²) in [7, 11) is 0. The van der Waals surface area contributed by atoms with Crippen molar-refractivity contribution in [3.05, 3.63) is 47.3 Å². The summed E-state index contributed by atoms with van der Waals surface area (Å²) in [5.74, 6) is 0.434. The van der Waals surface area contributed by atoms with E-state index in [-0.39, 0.29) is 5.91 Å². The lowest BCUT2D eigenvalue weighted by atomic mass is 10.1. The Kier molecular flexibility index (Phi) is 4.52. The van der Waals surface area contributed by atoms with Gasteiger partial charge in [0, 0.05) is 31.2 Å². The Hall–Kier alpha value is -2.47. The lowest BCUT2D eigenvalue weighted by Crippen LogP contribution is -2.40. The molecule has 1 aromatic carbocycles. The number of aryl methyl sites for hydroxylation is 1. The van der Waals surface area contributed by atoms with Gasteiger partial charge in [0.25, 0.3) is 5.91 Å². The number of morpholine rings is 1. The van der Waals surface area contributed by atoms with Crippen LogP contribution in [0.2, 0.25) is 0 Å². The molecule has 1 fully saturated rings. The molecule has 1 aliphatic rings. The van der Waals surface area contributed by atoms with Crippen LogP contribution in [0.5, 0.6) is 0 Å². The highest BCUT2D eigenvalue weighted by Crippen LogP contribution is 2.20. The van der Waals surface area contributed by atoms with Crippen LogP contribution in [-0.2, 0) is 4.74 Å². The highest BCUT2D eigenvalue weighted by molar-refractivity contribution is 5.93. The minimum absolute atomic E-state index is 0.0495. The highest BCUT2D eigenvalue weighted by Gasteiger charge is 2.19. The molecule has 1 amide bonds. The number of carbonyl (C=O) groups excluding carboxylic acids is 1. The molecule has 1 aliphatic heterocycles. The average Bonchev–Trinajstić information content (AvgIpc) is 2.60. The molecular formula is C17H20N4O2. The predicted molar refractivity (Wildman–Crippen MR) is 88.0 cm³/mol. The van der Waals surface area contributed by atoms with Gasteiger partial charge in [-0.1, -0.05) is 12.1 Å². The van der Waals surface area contributed by atoms with E-state index in [1.165, 1.54) is 5.56 Å². The number of nitrogens with one attached hydrogen (secondary N) is 1. The van der Waals surface area contributed by atoms with Gasteiger partial charge in [-0.3, -0.25) is 4.79 Å². The summed E-state index contributed by atoms with van der Waals surface area (Å²) in [5.41, 5.74) is 3.83. The summed E-state index contributed by atoms with van der Waals surface area (Å²) < 4.78 is 5.26. The molecule has 0 bridgehead atoms. The first kappa shape index (κ1) is 15.4. The largest absolute Gasteiger partial charge is 0.378 e. The van der Waals surface area contributed by atoms with Crippen molar-refractivity contribution in [2.24, 2.45) is 0 Å². The molecule has 0 aliphatic carbocycles. The quantitative estimate of drug-likeness (QED) is 0.942. The SMILES string of the molecule is Cc1cccc(Nc2ncc(C(=O)N3CCOCC3)cn2)c1C. The number of hydrogen-bond donors (Lipinski definition) is 1. The fraction of sp³-hybridized carbons (Fsp3) is 0.353. The van der Waals surface area contributed by atoms with Crippen LogP contribution in [-0.4, -0.2) is 47.1 Å². The maximum Gasteiger partial charge on any atom is 0.257 e. The van der Waals surface area contributed by atoms with Crippen molar-refractivity contribution in [3.63, 3.8) is 0 Å². The molecule has 0 spiro atoms. The topological polar surface area (TPSA) is 67.4 Å². The van der Waals surface area contributed by atoms with Crippen LogP contribution >= 0.6 is 0 Å². The lowest BCUT2D eigenvalue weighted by molar-refractivity contribution is 0.0302. The number of anilines is 2. The third-order valence-electron chi connectivity index (χ3n) is 4.05. The molecule has 0 atom stereocenters. The smallest absolute Gasteiger partial charge is 0.257 e. The van der Waals surface area contributed by atoms with E-state index in [1.54, 1.807) is 17.3 Å². The number of amides is 1. The summed E-state index contributed by atoms with van der Waals surface area (Å²) in [6, 6.07) is 6.03. The molecule has 120 valence electrons. The zero-order valence-electron chi connectivity index (χ0n) is 13.4. The molecule has 6 nitrogen and oxygen atoms in total. The minimum atomic E-state index is -0.0495. The number of carbonyl (C=O) groups is 1. The molecule has 2 heterocycles. The summed E-state index contributed by atoms with van der Waals surface area (Å²) in [6.07, 6.45) is 3.14. The summed E-state index contributed by atoms with van der Waals surface area (Å²) >= 11 is 0. The Labute approximate surface area is 135 Å². The molecule has 2 aromatic rings. The van der Waals surface area contributed by atoms with Crippen molar-refractivity contribution in [1.29, 1.82) is 0 Å². The van der Waals surface area contributed by atoms with Crippen LogP contribution in [0.15, 0.2) is 30.6 Å². The minimum Gasteiger partial charge on any atom is -0.378 e. The monoisotopic (exact) mass is 312 g/mol. The second-order valence-electron chi connectivity index (χ2n) is 5.57. The molecule has 6 heteroatoms. The van der Waals surface area contributed by atoms with Crippen LogP contribution < -0.4 is 5.32 Å². The Morgan fingerprint density at radius 3 is 2.57 bits per heavy atom. The van der Waals surface area contributed by atoms with Crippen molar-refractivity contribution in [1.82, 2.24) is 14.9 Å². The van der Waals surface area contributed by atoms with Gasteiger partial charge in [-0.25, -0.2) is 9.97 Å². The van der Waals surface area contributed by atoms with E-state index in [4.69, 9.17) is 4.74 Å². The predicted octanol–water partition coefficient (Wildman–Crippen LogP) is 2.31. The molecule has 0 unspecified atom stereocenters. The van der Waals surface area contributed by atoms with Crippen LogP contribution in [0.1, 0.15) is 21.5 Å². The highest BCUT2D eigenvalue weighted by atomic mass is 16.5. The van der Waals surface area contributed by atoms with Crippen molar-refractivity contribution in [3.8, 4) is 0 Å². The standard InChI is InChI=1S/C17H20N4O2/c1-12-4-3-5-15(13(12)2)20-17-18-10-14(11-19-17)16(22)21-6-8-23-9-7-21/h3-5,10-11H,6-9H2,1-2H3,(H,18,19,20). The van der Waals surface area contributed by atoms with Gasteiger partial charge in [-0.15, -0.1) is 0 Å². The third-order valence-corrected chi connectivity index (χ3v) is 4.05. The molecule has 1 aromatic heterocycles. The molecular weight excluding hydrogens is 292 g/mol. The Morgan fingerprint density at radius 1 is 1.17 bits per heavy atom. The number of aromatic nitrogens is 2. The number of benzene rings is 1. The van der Waals surface area contributed by atoms with Crippen LogP contribution in [0.4, 0.5) is 11.6 Å². The molecule has 1 N–H and O–H groups in total. The van der Waals surface area contributed by atoms with E-state index < -0.39 is 0 Å². The number of rotatable bonds is 3. The van der Waals surface area contributed by atoms with Gasteiger partial charge in [0.2, 0.25) is 5.95 Å². The summed E-state index contributed by atoms with van der Waals surface area (Å²) in [5, 5.41) is 3.19. The van der Waals surface area contributed by atoms with Crippen molar-refractivity contribution in [2.75, 3.05) is 31.6 Å². The lowest BCUT2D eigenvalue weighted by Gasteiger charge is -2.26. The van der Waals surface area contributed by atoms with Crippen molar-refractivity contribution >= 4 is 17.5 Å². The normalized spacial score (nSPS) is 14.6. The van der Waals surface area contributed by atoms with Gasteiger partial charge >= 0.3 is 0 Å². The number of hydrogen-bond acceptors (Lipinski definition) is 5. The molecule has 0 saturated carbocycles. The zero-order valence-corrected chi connectivity index (χ0v) is 13.4. The first-order valence-electron chi connectivity index (χ1n) is 7.67. The zero-order chi connectivity index (χ0) is 16.2. The Bertz CT molecular complexity index is 694. The second-order valence-corrected chi connectivity index (χ2v) is 5.57. The second kappa shape index (κ2) is 6.75. The fourth-order valence-corrected chi connectivity index (χ4v) is 2.46. The van der Waals surface area contributed by atoms with E-state index in [0.717, 1.165) is 11.3 Å². The van der Waals surface area contributed by atoms with E-state index in [1.807, 2.05) is 19.1 Å². The molecule has 0 radical (unpaired) electrons. The molecule has 23 heavy (non-hydrogen) atoms. The van der Waals surface area contributed by atoms with E-state index in [2.05, 4.69) is 28.3 Å². The van der Waals surface area contributed by atoms with Crippen LogP contribution in [0.3, 0.4) is 0 Å². The van der Waals surface area contributed by atoms with Gasteiger partial charge in [-0.2, -0.15) is 0 Å². The first-order chi connectivity index (χ1) is 11.1. The van der Waals surface area contributed by atoms with Gasteiger partial charge in [0.05, 0.1) is 18.8 Å². The maximum absolute atomic E-state index is 12.3. The Morgan fingerprint density at radius 2 is 1.87 bits per heavy atom. The molecule has 1 saturated heterocycles. The van der Waals surface area contributed by atoms with Gasteiger partial charge in [0.15, 0.2) is 0 Å². The van der Waals surface area contributed by atoms with Gasteiger partial charge in [-0.05, 0) is 31.0 Å². The van der Waals surface area contributed by atoms with E-state index in [0.29, 0.717) is 37.8 Å². The summed E-state index contributed by atoms with van der Waals surface area (Å²) in [4.78, 5) is 22.6. The molecule has 3 rings (SSSR count). The summed E-state index contributed by atoms with van der Waals surface area (Å²) in [6.45, 7) is 6.50. The van der Waals surface area contributed by atoms with E-state index in [9.17, 15) is 4.79 Å². The first-order valence-corrected chi connectivity index (χ1v) is 7.67. The number of ether oxygens (including phenoxy) is 1. The van der Waals surface area contributed by atoms with Gasteiger partial charge < -0.3 is 15.0 Å². The van der Waals surface area contributed by atoms with Crippen molar-refractivity contribution < 1.29 is 9.53 Å². The van der Waals surface area contributed by atoms with Crippen LogP contribution in [0, 0.1) is 13.8 Å². The Balaban J connectivity index is 1.71. The maximum atomic E-state index is 12.3. The van der Waals surface area contributed by atoms with E-state index >= 15 is 0 Å². The van der Waals surface area contributed by atoms with Gasteiger partial charge in [0.1, 0.15) is 0 Å².